The molecule has 0 radical (unpaired) electrons. The van der Waals surface area contributed by atoms with Crippen molar-refractivity contribution < 1.29 is 23.0 Å². The molecule has 1 heterocycles. The Bertz CT molecular complexity index is 603. The van der Waals surface area contributed by atoms with Crippen LogP contribution in [0.1, 0.15) is 31.7 Å². The summed E-state index contributed by atoms with van der Waals surface area (Å²) >= 11 is 0. The van der Waals surface area contributed by atoms with Crippen molar-refractivity contribution in [2.75, 3.05) is 44.2 Å². The molecule has 1 aliphatic carbocycles. The topological polar surface area (TPSA) is 35.9 Å². The summed E-state index contributed by atoms with van der Waals surface area (Å²) in [5.41, 5.74) is -0.0141. The van der Waals surface area contributed by atoms with Crippen LogP contribution in [0.5, 0.6) is 0 Å². The first kappa shape index (κ1) is 20.4. The molecule has 0 aromatic heterocycles. The molecular formula is C20H29F3N2O2. The molecule has 3 atom stereocenters. The second kappa shape index (κ2) is 8.80. The number of ether oxygens (including phenoxy) is 1. The van der Waals surface area contributed by atoms with E-state index in [1.165, 1.54) is 25.0 Å². The molecule has 0 spiro atoms. The zero-order valence-corrected chi connectivity index (χ0v) is 15.8. The highest BCUT2D eigenvalue weighted by atomic mass is 19.4. The third-order valence-corrected chi connectivity index (χ3v) is 5.67. The minimum Gasteiger partial charge on any atom is -0.389 e. The zero-order chi connectivity index (χ0) is 19.4. The largest absolute Gasteiger partial charge is 0.416 e. The van der Waals surface area contributed by atoms with Crippen molar-refractivity contribution >= 4 is 5.69 Å². The summed E-state index contributed by atoms with van der Waals surface area (Å²) in [5, 5.41) is 10.3. The molecule has 1 aromatic carbocycles. The number of anilines is 1. The Kier molecular flexibility index (Phi) is 6.65. The van der Waals surface area contributed by atoms with Crippen molar-refractivity contribution in [2.24, 2.45) is 5.92 Å². The van der Waals surface area contributed by atoms with Crippen molar-refractivity contribution in [3.8, 4) is 0 Å². The number of alkyl halides is 3. The van der Waals surface area contributed by atoms with Gasteiger partial charge in [0.25, 0.3) is 0 Å². The first-order valence-corrected chi connectivity index (χ1v) is 9.77. The summed E-state index contributed by atoms with van der Waals surface area (Å²) < 4.78 is 44.5. The molecule has 7 heteroatoms. The van der Waals surface area contributed by atoms with Crippen molar-refractivity contribution in [3.05, 3.63) is 29.8 Å². The van der Waals surface area contributed by atoms with E-state index in [1.807, 2.05) is 4.90 Å². The predicted octanol–water partition coefficient (Wildman–Crippen LogP) is 3.39. The second-order valence-corrected chi connectivity index (χ2v) is 7.77. The van der Waals surface area contributed by atoms with E-state index < -0.39 is 17.8 Å². The molecule has 1 aliphatic heterocycles. The molecule has 0 amide bonds. The van der Waals surface area contributed by atoms with Crippen LogP contribution in [0, 0.1) is 5.92 Å². The van der Waals surface area contributed by atoms with Crippen molar-refractivity contribution in [2.45, 2.75) is 44.6 Å². The van der Waals surface area contributed by atoms with E-state index in [0.29, 0.717) is 50.9 Å². The van der Waals surface area contributed by atoms with Gasteiger partial charge in [0.2, 0.25) is 0 Å². The van der Waals surface area contributed by atoms with Gasteiger partial charge in [-0.15, -0.1) is 0 Å². The van der Waals surface area contributed by atoms with Crippen molar-refractivity contribution in [1.29, 1.82) is 0 Å². The van der Waals surface area contributed by atoms with Crippen LogP contribution in [0.25, 0.3) is 0 Å². The van der Waals surface area contributed by atoms with E-state index in [9.17, 15) is 18.3 Å². The first-order chi connectivity index (χ1) is 12.8. The summed E-state index contributed by atoms with van der Waals surface area (Å²) in [5.74, 6) is 0.563. The predicted molar refractivity (Wildman–Crippen MR) is 98.9 cm³/mol. The molecule has 1 saturated carbocycles. The maximum absolute atomic E-state index is 12.9. The van der Waals surface area contributed by atoms with Crippen LogP contribution in [-0.2, 0) is 10.9 Å². The standard InChI is InChI=1S/C20H29F3N2O2/c1-15-4-2-7-19(15)27-14-18(26)13-24-8-10-25(11-9-24)17-6-3-5-16(12-17)20(21,22)23/h3,5-6,12,15,18-19,26H,2,4,7-11,13-14H2,1H3. The lowest BCUT2D eigenvalue weighted by Gasteiger charge is -2.37. The van der Waals surface area contributed by atoms with Crippen LogP contribution in [0.4, 0.5) is 18.9 Å². The van der Waals surface area contributed by atoms with Gasteiger partial charge in [0.15, 0.2) is 0 Å². The molecule has 27 heavy (non-hydrogen) atoms. The average molecular weight is 386 g/mol. The fourth-order valence-electron chi connectivity index (χ4n) is 4.01. The van der Waals surface area contributed by atoms with Gasteiger partial charge in [-0.05, 0) is 37.0 Å². The highest BCUT2D eigenvalue weighted by molar-refractivity contribution is 5.49. The van der Waals surface area contributed by atoms with Crippen LogP contribution >= 0.6 is 0 Å². The Morgan fingerprint density at radius 2 is 1.93 bits per heavy atom. The van der Waals surface area contributed by atoms with Gasteiger partial charge in [0.1, 0.15) is 0 Å². The fourth-order valence-corrected chi connectivity index (χ4v) is 4.01. The van der Waals surface area contributed by atoms with Crippen LogP contribution in [-0.4, -0.2) is 61.5 Å². The van der Waals surface area contributed by atoms with E-state index in [0.717, 1.165) is 12.5 Å². The number of aliphatic hydroxyl groups excluding tert-OH is 1. The van der Waals surface area contributed by atoms with E-state index in [1.54, 1.807) is 6.07 Å². The molecule has 3 unspecified atom stereocenters. The van der Waals surface area contributed by atoms with Gasteiger partial charge < -0.3 is 14.7 Å². The van der Waals surface area contributed by atoms with E-state index in [-0.39, 0.29) is 6.10 Å². The lowest BCUT2D eigenvalue weighted by Crippen LogP contribution is -2.49. The van der Waals surface area contributed by atoms with Crippen LogP contribution in [0.2, 0.25) is 0 Å². The number of halogens is 3. The lowest BCUT2D eigenvalue weighted by molar-refractivity contribution is -0.137. The van der Waals surface area contributed by atoms with Gasteiger partial charge in [0, 0.05) is 38.4 Å². The Labute approximate surface area is 158 Å². The average Bonchev–Trinajstić information content (AvgIpc) is 3.05. The number of β-amino-alcohol motifs (C(OH)–C–C–N with tert-alkyl or cyclic N) is 1. The Hall–Kier alpha value is -1.31. The number of benzene rings is 1. The SMILES string of the molecule is CC1CCCC1OCC(O)CN1CCN(c2cccc(C(F)(F)F)c2)CC1. The van der Waals surface area contributed by atoms with Gasteiger partial charge >= 0.3 is 6.18 Å². The Balaban J connectivity index is 1.43. The van der Waals surface area contributed by atoms with Crippen LogP contribution < -0.4 is 4.90 Å². The normalized spacial score (nSPS) is 25.7. The number of hydrogen-bond acceptors (Lipinski definition) is 4. The maximum Gasteiger partial charge on any atom is 0.416 e. The van der Waals surface area contributed by atoms with E-state index in [4.69, 9.17) is 4.74 Å². The third kappa shape index (κ3) is 5.59. The Morgan fingerprint density at radius 3 is 2.56 bits per heavy atom. The molecule has 1 aromatic rings. The smallest absolute Gasteiger partial charge is 0.389 e. The summed E-state index contributed by atoms with van der Waals surface area (Å²) in [6.07, 6.45) is -1.13. The highest BCUT2D eigenvalue weighted by Gasteiger charge is 2.31. The molecule has 2 aliphatic rings. The van der Waals surface area contributed by atoms with Crippen molar-refractivity contribution in [1.82, 2.24) is 4.90 Å². The fraction of sp³-hybridized carbons (Fsp3) is 0.700. The number of rotatable bonds is 6. The first-order valence-electron chi connectivity index (χ1n) is 9.77. The van der Waals surface area contributed by atoms with Gasteiger partial charge in [-0.25, -0.2) is 0 Å². The minimum absolute atomic E-state index is 0.261. The minimum atomic E-state index is -4.32. The van der Waals surface area contributed by atoms with Crippen LogP contribution in [0.15, 0.2) is 24.3 Å². The quantitative estimate of drug-likeness (QED) is 0.813. The number of nitrogens with zero attached hydrogens (tertiary/aromatic N) is 2. The van der Waals surface area contributed by atoms with Gasteiger partial charge in [-0.3, -0.25) is 4.90 Å². The lowest BCUT2D eigenvalue weighted by atomic mass is 10.1. The summed E-state index contributed by atoms with van der Waals surface area (Å²) in [6.45, 7) is 5.81. The van der Waals surface area contributed by atoms with Crippen LogP contribution in [0.3, 0.4) is 0 Å². The van der Waals surface area contributed by atoms with E-state index in [2.05, 4.69) is 11.8 Å². The number of hydrogen-bond donors (Lipinski definition) is 1. The monoisotopic (exact) mass is 386 g/mol. The summed E-state index contributed by atoms with van der Waals surface area (Å²) in [4.78, 5) is 4.12. The summed E-state index contributed by atoms with van der Waals surface area (Å²) in [7, 11) is 0. The molecular weight excluding hydrogens is 357 g/mol. The zero-order valence-electron chi connectivity index (χ0n) is 15.8. The van der Waals surface area contributed by atoms with Gasteiger partial charge in [0.05, 0.1) is 24.4 Å². The Morgan fingerprint density at radius 1 is 1.19 bits per heavy atom. The van der Waals surface area contributed by atoms with Gasteiger partial charge in [-0.1, -0.05) is 19.4 Å². The molecule has 2 fully saturated rings. The molecule has 4 nitrogen and oxygen atoms in total. The summed E-state index contributed by atoms with van der Waals surface area (Å²) in [6, 6.07) is 5.48. The molecule has 1 saturated heterocycles. The molecule has 1 N–H and O–H groups in total. The molecule has 152 valence electrons. The molecule has 3 rings (SSSR count). The van der Waals surface area contributed by atoms with Gasteiger partial charge in [-0.2, -0.15) is 13.2 Å². The second-order valence-electron chi connectivity index (χ2n) is 7.77. The van der Waals surface area contributed by atoms with E-state index >= 15 is 0 Å². The highest BCUT2D eigenvalue weighted by Crippen LogP contribution is 2.32. The van der Waals surface area contributed by atoms with Crippen molar-refractivity contribution in [3.63, 3.8) is 0 Å². The maximum atomic E-state index is 12.9. The third-order valence-electron chi connectivity index (χ3n) is 5.67. The number of piperazine rings is 1. The number of aliphatic hydroxyl groups is 1. The molecule has 0 bridgehead atoms.